The van der Waals surface area contributed by atoms with E-state index in [0.717, 1.165) is 10.7 Å². The SMILES string of the molecule is CN(C)S(=O)(=O)CCNC(=O)C1(N)CCC1. The summed E-state index contributed by atoms with van der Waals surface area (Å²) in [5.74, 6) is -0.338. The molecule has 1 amide bonds. The van der Waals surface area contributed by atoms with Gasteiger partial charge in [-0.05, 0) is 19.3 Å². The van der Waals surface area contributed by atoms with Crippen LogP contribution in [0.5, 0.6) is 0 Å². The lowest BCUT2D eigenvalue weighted by molar-refractivity contribution is -0.129. The molecule has 7 heteroatoms. The minimum atomic E-state index is -3.25. The summed E-state index contributed by atoms with van der Waals surface area (Å²) in [5.41, 5.74) is 5.02. The number of amides is 1. The number of nitrogens with two attached hydrogens (primary N) is 1. The smallest absolute Gasteiger partial charge is 0.240 e. The zero-order valence-corrected chi connectivity index (χ0v) is 10.5. The van der Waals surface area contributed by atoms with Crippen LogP contribution in [0.15, 0.2) is 0 Å². The standard InChI is InChI=1S/C9H19N3O3S/c1-12(2)16(14,15)7-6-11-8(13)9(10)4-3-5-9/h3-7,10H2,1-2H3,(H,11,13). The van der Waals surface area contributed by atoms with Gasteiger partial charge in [-0.25, -0.2) is 12.7 Å². The first-order valence-corrected chi connectivity index (χ1v) is 6.86. The van der Waals surface area contributed by atoms with Gasteiger partial charge in [0.15, 0.2) is 0 Å². The Morgan fingerprint density at radius 2 is 2.00 bits per heavy atom. The normalized spacial score (nSPS) is 19.2. The van der Waals surface area contributed by atoms with E-state index in [9.17, 15) is 13.2 Å². The molecule has 0 saturated heterocycles. The summed E-state index contributed by atoms with van der Waals surface area (Å²) in [6, 6.07) is 0. The largest absolute Gasteiger partial charge is 0.353 e. The summed E-state index contributed by atoms with van der Waals surface area (Å²) < 4.78 is 23.9. The van der Waals surface area contributed by atoms with E-state index >= 15 is 0 Å². The van der Waals surface area contributed by atoms with Gasteiger partial charge in [-0.1, -0.05) is 0 Å². The Hall–Kier alpha value is -0.660. The van der Waals surface area contributed by atoms with Crippen molar-refractivity contribution in [2.45, 2.75) is 24.8 Å². The number of nitrogens with one attached hydrogen (secondary N) is 1. The van der Waals surface area contributed by atoms with Gasteiger partial charge in [0, 0.05) is 20.6 Å². The molecule has 0 unspecified atom stereocenters. The molecule has 0 spiro atoms. The third kappa shape index (κ3) is 2.93. The lowest BCUT2D eigenvalue weighted by Gasteiger charge is -2.36. The van der Waals surface area contributed by atoms with Crippen LogP contribution in [0.4, 0.5) is 0 Å². The molecule has 1 aliphatic rings. The summed E-state index contributed by atoms with van der Waals surface area (Å²) >= 11 is 0. The highest BCUT2D eigenvalue weighted by Gasteiger charge is 2.39. The molecule has 94 valence electrons. The van der Waals surface area contributed by atoms with Crippen LogP contribution in [0, 0.1) is 0 Å². The van der Waals surface area contributed by atoms with Crippen LogP contribution in [-0.4, -0.2) is 50.6 Å². The second-order valence-electron chi connectivity index (χ2n) is 4.36. The van der Waals surface area contributed by atoms with Crippen LogP contribution < -0.4 is 11.1 Å². The Morgan fingerprint density at radius 3 is 2.38 bits per heavy atom. The Morgan fingerprint density at radius 1 is 1.44 bits per heavy atom. The number of nitrogens with zero attached hydrogens (tertiary/aromatic N) is 1. The summed E-state index contributed by atoms with van der Waals surface area (Å²) in [5, 5.41) is 2.57. The fourth-order valence-electron chi connectivity index (χ4n) is 1.44. The van der Waals surface area contributed by atoms with E-state index in [2.05, 4.69) is 5.32 Å². The first kappa shape index (κ1) is 13.4. The highest BCUT2D eigenvalue weighted by Crippen LogP contribution is 2.28. The molecule has 0 aliphatic heterocycles. The van der Waals surface area contributed by atoms with Crippen molar-refractivity contribution in [2.75, 3.05) is 26.4 Å². The predicted octanol–water partition coefficient (Wildman–Crippen LogP) is -1.12. The number of sulfonamides is 1. The van der Waals surface area contributed by atoms with Crippen LogP contribution in [0.1, 0.15) is 19.3 Å². The van der Waals surface area contributed by atoms with E-state index in [4.69, 9.17) is 5.73 Å². The molecule has 0 radical (unpaired) electrons. The molecule has 0 atom stereocenters. The molecule has 1 saturated carbocycles. The van der Waals surface area contributed by atoms with Gasteiger partial charge in [-0.3, -0.25) is 4.79 Å². The molecule has 3 N–H and O–H groups in total. The second-order valence-corrected chi connectivity index (χ2v) is 6.67. The van der Waals surface area contributed by atoms with Gasteiger partial charge in [0.1, 0.15) is 0 Å². The molecule has 0 aromatic carbocycles. The Bertz CT molecular complexity index is 360. The van der Waals surface area contributed by atoms with Gasteiger partial charge in [0.2, 0.25) is 15.9 Å². The first-order valence-electron chi connectivity index (χ1n) is 5.25. The van der Waals surface area contributed by atoms with Crippen LogP contribution in [0.2, 0.25) is 0 Å². The summed E-state index contributed by atoms with van der Waals surface area (Å²) in [6.45, 7) is 0.109. The van der Waals surface area contributed by atoms with Crippen LogP contribution in [0.3, 0.4) is 0 Å². The fraction of sp³-hybridized carbons (Fsp3) is 0.889. The van der Waals surface area contributed by atoms with Gasteiger partial charge >= 0.3 is 0 Å². The van der Waals surface area contributed by atoms with Crippen molar-refractivity contribution in [3.8, 4) is 0 Å². The maximum atomic E-state index is 11.6. The Balaban J connectivity index is 2.34. The number of carbonyl (C=O) groups is 1. The van der Waals surface area contributed by atoms with E-state index in [-0.39, 0.29) is 18.2 Å². The average molecular weight is 249 g/mol. The average Bonchev–Trinajstić information content (AvgIpc) is 2.13. The topological polar surface area (TPSA) is 92.5 Å². The van der Waals surface area contributed by atoms with Crippen molar-refractivity contribution < 1.29 is 13.2 Å². The molecular weight excluding hydrogens is 230 g/mol. The molecule has 0 bridgehead atoms. The molecule has 16 heavy (non-hydrogen) atoms. The van der Waals surface area contributed by atoms with Gasteiger partial charge in [0.05, 0.1) is 11.3 Å². The number of carbonyl (C=O) groups excluding carboxylic acids is 1. The summed E-state index contributed by atoms with van der Waals surface area (Å²) in [6.07, 6.45) is 2.32. The minimum Gasteiger partial charge on any atom is -0.353 e. The zero-order valence-electron chi connectivity index (χ0n) is 9.69. The Kier molecular flexibility index (Phi) is 3.92. The lowest BCUT2D eigenvalue weighted by atomic mass is 9.77. The van der Waals surface area contributed by atoms with Crippen LogP contribution >= 0.6 is 0 Å². The predicted molar refractivity (Wildman–Crippen MR) is 61.3 cm³/mol. The van der Waals surface area contributed by atoms with Crippen molar-refractivity contribution in [3.63, 3.8) is 0 Å². The van der Waals surface area contributed by atoms with E-state index in [1.807, 2.05) is 0 Å². The van der Waals surface area contributed by atoms with Crippen molar-refractivity contribution in [3.05, 3.63) is 0 Å². The van der Waals surface area contributed by atoms with E-state index in [1.54, 1.807) is 0 Å². The molecule has 0 aromatic heterocycles. The van der Waals surface area contributed by atoms with Crippen molar-refractivity contribution in [1.29, 1.82) is 0 Å². The molecule has 0 aromatic rings. The first-order chi connectivity index (χ1) is 7.28. The van der Waals surface area contributed by atoms with E-state index in [1.165, 1.54) is 14.1 Å². The quantitative estimate of drug-likeness (QED) is 0.645. The maximum absolute atomic E-state index is 11.6. The number of hydrogen-bond acceptors (Lipinski definition) is 4. The van der Waals surface area contributed by atoms with E-state index in [0.29, 0.717) is 12.8 Å². The van der Waals surface area contributed by atoms with Crippen LogP contribution in [0.25, 0.3) is 0 Å². The van der Waals surface area contributed by atoms with Crippen molar-refractivity contribution in [1.82, 2.24) is 9.62 Å². The number of hydrogen-bond donors (Lipinski definition) is 2. The van der Waals surface area contributed by atoms with Gasteiger partial charge in [-0.2, -0.15) is 0 Å². The van der Waals surface area contributed by atoms with Gasteiger partial charge in [-0.15, -0.1) is 0 Å². The highest BCUT2D eigenvalue weighted by atomic mass is 32.2. The molecule has 6 nitrogen and oxygen atoms in total. The molecule has 1 rings (SSSR count). The lowest BCUT2D eigenvalue weighted by Crippen LogP contribution is -2.59. The number of rotatable bonds is 5. The molecular formula is C9H19N3O3S. The molecule has 1 aliphatic carbocycles. The third-order valence-corrected chi connectivity index (χ3v) is 4.73. The zero-order chi connectivity index (χ0) is 12.4. The molecule has 0 heterocycles. The van der Waals surface area contributed by atoms with Gasteiger partial charge < -0.3 is 11.1 Å². The Labute approximate surface area is 96.2 Å². The third-order valence-electron chi connectivity index (χ3n) is 2.90. The maximum Gasteiger partial charge on any atom is 0.240 e. The van der Waals surface area contributed by atoms with Crippen LogP contribution in [-0.2, 0) is 14.8 Å². The van der Waals surface area contributed by atoms with Crippen molar-refractivity contribution in [2.24, 2.45) is 5.73 Å². The minimum absolute atomic E-state index is 0.0954. The fourth-order valence-corrected chi connectivity index (χ4v) is 2.16. The monoisotopic (exact) mass is 249 g/mol. The van der Waals surface area contributed by atoms with Gasteiger partial charge in [0.25, 0.3) is 0 Å². The molecule has 1 fully saturated rings. The second kappa shape index (κ2) is 4.68. The summed E-state index contributed by atoms with van der Waals surface area (Å²) in [4.78, 5) is 11.6. The summed E-state index contributed by atoms with van der Waals surface area (Å²) in [7, 11) is -0.319. The van der Waals surface area contributed by atoms with Crippen molar-refractivity contribution >= 4 is 15.9 Å². The highest BCUT2D eigenvalue weighted by molar-refractivity contribution is 7.89. The van der Waals surface area contributed by atoms with E-state index < -0.39 is 15.6 Å².